The molecule has 1 aliphatic heterocycles. The summed E-state index contributed by atoms with van der Waals surface area (Å²) in [5.74, 6) is -5.01. The summed E-state index contributed by atoms with van der Waals surface area (Å²) in [4.78, 5) is 1.07. The highest BCUT2D eigenvalue weighted by Crippen LogP contribution is 2.38. The van der Waals surface area contributed by atoms with Gasteiger partial charge < -0.3 is 5.32 Å². The van der Waals surface area contributed by atoms with Gasteiger partial charge in [0.25, 0.3) is 0 Å². The molecule has 1 fully saturated rings. The molecular formula is C12H12F6N2. The van der Waals surface area contributed by atoms with E-state index in [1.165, 1.54) is 0 Å². The summed E-state index contributed by atoms with van der Waals surface area (Å²) in [6, 6.07) is -1.34. The van der Waals surface area contributed by atoms with Gasteiger partial charge in [-0.1, -0.05) is 0 Å². The van der Waals surface area contributed by atoms with E-state index in [1.807, 2.05) is 0 Å². The Hall–Kier alpha value is -1.28. The second kappa shape index (κ2) is 5.61. The van der Waals surface area contributed by atoms with Crippen molar-refractivity contribution in [2.75, 3.05) is 26.2 Å². The largest absolute Gasteiger partial charge is 0.408 e. The minimum Gasteiger partial charge on any atom is -0.314 e. The minimum atomic E-state index is -4.70. The first-order valence-corrected chi connectivity index (χ1v) is 5.96. The number of alkyl halides is 3. The van der Waals surface area contributed by atoms with Crippen molar-refractivity contribution in [1.29, 1.82) is 0 Å². The van der Waals surface area contributed by atoms with E-state index in [4.69, 9.17) is 0 Å². The highest BCUT2D eigenvalue weighted by atomic mass is 19.4. The summed E-state index contributed by atoms with van der Waals surface area (Å²) in [7, 11) is 0. The number of rotatable bonds is 2. The molecule has 1 aromatic carbocycles. The Morgan fingerprint density at radius 3 is 1.95 bits per heavy atom. The van der Waals surface area contributed by atoms with Gasteiger partial charge in [0.2, 0.25) is 0 Å². The molecule has 0 amide bonds. The maximum absolute atomic E-state index is 13.2. The number of nitrogens with zero attached hydrogens (tertiary/aromatic N) is 1. The molecule has 1 aliphatic rings. The third-order valence-electron chi connectivity index (χ3n) is 3.15. The molecule has 0 aromatic heterocycles. The summed E-state index contributed by atoms with van der Waals surface area (Å²) in [5, 5.41) is 2.89. The van der Waals surface area contributed by atoms with Gasteiger partial charge in [-0.3, -0.25) is 4.90 Å². The van der Waals surface area contributed by atoms with E-state index in [9.17, 15) is 26.3 Å². The molecule has 1 aromatic rings. The van der Waals surface area contributed by atoms with E-state index >= 15 is 0 Å². The fraction of sp³-hybridized carbons (Fsp3) is 0.500. The van der Waals surface area contributed by atoms with Crippen LogP contribution < -0.4 is 5.32 Å². The quantitative estimate of drug-likeness (QED) is 0.667. The van der Waals surface area contributed by atoms with Crippen molar-refractivity contribution in [3.05, 3.63) is 35.1 Å². The SMILES string of the molecule is Fc1cc([C@@H](N2CCNCC2)C(F)(F)F)cc(F)c1F. The van der Waals surface area contributed by atoms with E-state index < -0.39 is 35.2 Å². The van der Waals surface area contributed by atoms with Gasteiger partial charge in [0.15, 0.2) is 17.5 Å². The summed E-state index contributed by atoms with van der Waals surface area (Å²) < 4.78 is 78.6. The first-order valence-electron chi connectivity index (χ1n) is 5.96. The van der Waals surface area contributed by atoms with Crippen molar-refractivity contribution in [1.82, 2.24) is 10.2 Å². The Bertz CT molecular complexity index is 458. The van der Waals surface area contributed by atoms with Gasteiger partial charge in [-0.15, -0.1) is 0 Å². The van der Waals surface area contributed by atoms with Gasteiger partial charge in [-0.25, -0.2) is 13.2 Å². The lowest BCUT2D eigenvalue weighted by Crippen LogP contribution is -2.49. The number of halogens is 6. The van der Waals surface area contributed by atoms with Crippen LogP contribution in [0, 0.1) is 17.5 Å². The molecule has 0 bridgehead atoms. The van der Waals surface area contributed by atoms with Crippen molar-refractivity contribution >= 4 is 0 Å². The van der Waals surface area contributed by atoms with Crippen molar-refractivity contribution in [3.8, 4) is 0 Å². The van der Waals surface area contributed by atoms with Gasteiger partial charge in [0, 0.05) is 26.2 Å². The van der Waals surface area contributed by atoms with Crippen LogP contribution in [0.1, 0.15) is 11.6 Å². The lowest BCUT2D eigenvalue weighted by molar-refractivity contribution is -0.188. The third kappa shape index (κ3) is 3.06. The van der Waals surface area contributed by atoms with Crippen LogP contribution in [0.15, 0.2) is 12.1 Å². The zero-order chi connectivity index (χ0) is 14.9. The Balaban J connectivity index is 2.41. The van der Waals surface area contributed by atoms with E-state index in [2.05, 4.69) is 5.32 Å². The average Bonchev–Trinajstić information content (AvgIpc) is 2.35. The summed E-state index contributed by atoms with van der Waals surface area (Å²) in [5.41, 5.74) is -0.629. The maximum atomic E-state index is 13.2. The molecule has 0 radical (unpaired) electrons. The summed E-state index contributed by atoms with van der Waals surface area (Å²) >= 11 is 0. The van der Waals surface area contributed by atoms with Gasteiger partial charge >= 0.3 is 6.18 Å². The van der Waals surface area contributed by atoms with Crippen LogP contribution in [0.4, 0.5) is 26.3 Å². The predicted octanol–water partition coefficient (Wildman–Crippen LogP) is 2.61. The van der Waals surface area contributed by atoms with Crippen molar-refractivity contribution in [2.24, 2.45) is 0 Å². The highest BCUT2D eigenvalue weighted by molar-refractivity contribution is 5.24. The van der Waals surface area contributed by atoms with Crippen molar-refractivity contribution in [2.45, 2.75) is 12.2 Å². The van der Waals surface area contributed by atoms with E-state index in [0.717, 1.165) is 4.90 Å². The van der Waals surface area contributed by atoms with Gasteiger partial charge in [0.05, 0.1) is 0 Å². The van der Waals surface area contributed by atoms with E-state index in [1.54, 1.807) is 0 Å². The predicted molar refractivity (Wildman–Crippen MR) is 59.6 cm³/mol. The van der Waals surface area contributed by atoms with E-state index in [-0.39, 0.29) is 13.1 Å². The zero-order valence-corrected chi connectivity index (χ0v) is 10.3. The van der Waals surface area contributed by atoms with Gasteiger partial charge in [0.1, 0.15) is 6.04 Å². The minimum absolute atomic E-state index is 0.0881. The molecule has 2 rings (SSSR count). The second-order valence-corrected chi connectivity index (χ2v) is 4.53. The number of nitrogens with one attached hydrogen (secondary N) is 1. The van der Waals surface area contributed by atoms with Crippen molar-refractivity contribution < 1.29 is 26.3 Å². The number of hydrogen-bond acceptors (Lipinski definition) is 2. The highest BCUT2D eigenvalue weighted by Gasteiger charge is 2.45. The van der Waals surface area contributed by atoms with Crippen molar-refractivity contribution in [3.63, 3.8) is 0 Å². The molecule has 0 aliphatic carbocycles. The molecular weight excluding hydrogens is 286 g/mol. The van der Waals surface area contributed by atoms with E-state index in [0.29, 0.717) is 25.2 Å². The number of piperazine rings is 1. The fourth-order valence-electron chi connectivity index (χ4n) is 2.28. The summed E-state index contributed by atoms with van der Waals surface area (Å²) in [6.45, 7) is 0.868. The molecule has 112 valence electrons. The average molecular weight is 298 g/mol. The van der Waals surface area contributed by atoms with Crippen LogP contribution in [-0.4, -0.2) is 37.3 Å². The Labute approximate surface area is 111 Å². The summed E-state index contributed by atoms with van der Waals surface area (Å²) in [6.07, 6.45) is -4.70. The first-order chi connectivity index (χ1) is 9.30. The molecule has 0 saturated carbocycles. The topological polar surface area (TPSA) is 15.3 Å². The van der Waals surface area contributed by atoms with Gasteiger partial charge in [-0.05, 0) is 17.7 Å². The molecule has 1 N–H and O–H groups in total. The molecule has 8 heteroatoms. The smallest absolute Gasteiger partial charge is 0.314 e. The van der Waals surface area contributed by atoms with Crippen LogP contribution in [-0.2, 0) is 0 Å². The number of benzene rings is 1. The third-order valence-corrected chi connectivity index (χ3v) is 3.15. The Morgan fingerprint density at radius 2 is 1.50 bits per heavy atom. The van der Waals surface area contributed by atoms with Gasteiger partial charge in [-0.2, -0.15) is 13.2 Å². The van der Waals surface area contributed by atoms with Crippen LogP contribution in [0.2, 0.25) is 0 Å². The maximum Gasteiger partial charge on any atom is 0.408 e. The molecule has 1 heterocycles. The molecule has 0 unspecified atom stereocenters. The lowest BCUT2D eigenvalue weighted by Gasteiger charge is -2.36. The van der Waals surface area contributed by atoms with Crippen LogP contribution in [0.5, 0.6) is 0 Å². The molecule has 1 atom stereocenters. The standard InChI is InChI=1S/C12H12F6N2/c13-8-5-7(6-9(14)10(8)15)11(12(16,17)18)20-3-1-19-2-4-20/h5-6,11,19H,1-4H2/t11-/m1/s1. The van der Waals surface area contributed by atoms with Crippen LogP contribution >= 0.6 is 0 Å². The van der Waals surface area contributed by atoms with Crippen LogP contribution in [0.25, 0.3) is 0 Å². The Kier molecular flexibility index (Phi) is 4.24. The molecule has 1 saturated heterocycles. The zero-order valence-electron chi connectivity index (χ0n) is 10.3. The number of hydrogen-bond donors (Lipinski definition) is 1. The molecule has 0 spiro atoms. The normalized spacial score (nSPS) is 19.1. The molecule has 20 heavy (non-hydrogen) atoms. The molecule has 2 nitrogen and oxygen atoms in total. The monoisotopic (exact) mass is 298 g/mol. The second-order valence-electron chi connectivity index (χ2n) is 4.53. The van der Waals surface area contributed by atoms with Crippen LogP contribution in [0.3, 0.4) is 0 Å². The fourth-order valence-corrected chi connectivity index (χ4v) is 2.28. The lowest BCUT2D eigenvalue weighted by atomic mass is 10.0. The first kappa shape index (κ1) is 15.1. The Morgan fingerprint density at radius 1 is 1.00 bits per heavy atom.